The van der Waals surface area contributed by atoms with Gasteiger partial charge in [-0.3, -0.25) is 14.5 Å². The molecule has 1 aliphatic heterocycles. The summed E-state index contributed by atoms with van der Waals surface area (Å²) in [4.78, 5) is 33.8. The second-order valence-electron chi connectivity index (χ2n) is 7.32. The highest BCUT2D eigenvalue weighted by Gasteiger charge is 2.14. The van der Waals surface area contributed by atoms with Crippen LogP contribution in [-0.4, -0.2) is 72.1 Å². The minimum Gasteiger partial charge on any atom is -0.492 e. The van der Waals surface area contributed by atoms with Crippen LogP contribution in [0.25, 0.3) is 22.2 Å². The van der Waals surface area contributed by atoms with Crippen molar-refractivity contribution < 1.29 is 9.53 Å². The van der Waals surface area contributed by atoms with Gasteiger partial charge < -0.3 is 25.3 Å². The van der Waals surface area contributed by atoms with Crippen LogP contribution < -0.4 is 16.0 Å². The molecule has 1 fully saturated rings. The summed E-state index contributed by atoms with van der Waals surface area (Å²) in [6.45, 7) is 5.86. The van der Waals surface area contributed by atoms with Crippen LogP contribution in [0, 0.1) is 6.07 Å². The van der Waals surface area contributed by atoms with Crippen molar-refractivity contribution in [2.75, 3.05) is 46.4 Å². The highest BCUT2D eigenvalue weighted by molar-refractivity contribution is 5.91. The molecule has 151 valence electrons. The maximum Gasteiger partial charge on any atom is 0.265 e. The second kappa shape index (κ2) is 8.10. The number of benzene rings is 1. The van der Waals surface area contributed by atoms with Crippen molar-refractivity contribution in [3.63, 3.8) is 0 Å². The lowest BCUT2D eigenvalue weighted by Gasteiger charge is -2.32. The van der Waals surface area contributed by atoms with Crippen LogP contribution in [0.3, 0.4) is 0 Å². The van der Waals surface area contributed by atoms with Gasteiger partial charge in [-0.25, -0.2) is 0 Å². The number of primary amides is 1. The van der Waals surface area contributed by atoms with Crippen LogP contribution in [0.15, 0.2) is 35.1 Å². The highest BCUT2D eigenvalue weighted by atomic mass is 16.5. The molecule has 8 heteroatoms. The second-order valence-corrected chi connectivity index (χ2v) is 7.32. The van der Waals surface area contributed by atoms with E-state index in [-0.39, 0.29) is 5.69 Å². The number of pyridine rings is 1. The summed E-state index contributed by atoms with van der Waals surface area (Å²) in [5, 5.41) is 0.940. The van der Waals surface area contributed by atoms with Gasteiger partial charge in [0.1, 0.15) is 18.1 Å². The SMILES string of the molecule is CN1CCN(CCOc2ccc3[nH]c(-c4c[c]c(C(N)=O)[nH]c4=O)cc3c2)CC1. The maximum atomic E-state index is 12.3. The number of aromatic nitrogens is 2. The molecule has 1 amide bonds. The van der Waals surface area contributed by atoms with Gasteiger partial charge in [-0.1, -0.05) is 0 Å². The standard InChI is InChI=1S/C21H24N5O3/c1-25-6-8-26(9-7-25)10-11-29-15-2-4-17-14(12-15)13-19(23-17)16-3-5-18(20(22)27)24-21(16)28/h2-4,12-13,23H,6-11H2,1H3,(H2,22,27)(H,24,28). The molecule has 1 radical (unpaired) electrons. The summed E-state index contributed by atoms with van der Waals surface area (Å²) in [6, 6.07) is 11.9. The zero-order chi connectivity index (χ0) is 20.4. The Morgan fingerprint density at radius 1 is 1.21 bits per heavy atom. The van der Waals surface area contributed by atoms with Gasteiger partial charge >= 0.3 is 0 Å². The molecule has 1 aromatic carbocycles. The number of carbonyl (C=O) groups is 1. The van der Waals surface area contributed by atoms with Crippen LogP contribution in [0.4, 0.5) is 0 Å². The fourth-order valence-electron chi connectivity index (χ4n) is 3.47. The maximum absolute atomic E-state index is 12.3. The van der Waals surface area contributed by atoms with Crippen molar-refractivity contribution >= 4 is 16.8 Å². The van der Waals surface area contributed by atoms with Crippen molar-refractivity contribution in [3.8, 4) is 17.0 Å². The van der Waals surface area contributed by atoms with E-state index in [1.807, 2.05) is 24.3 Å². The molecule has 0 unspecified atom stereocenters. The molecular weight excluding hydrogens is 370 g/mol. The first-order valence-corrected chi connectivity index (χ1v) is 9.61. The number of carbonyl (C=O) groups excluding carboxylic acids is 1. The lowest BCUT2D eigenvalue weighted by Crippen LogP contribution is -2.45. The number of nitrogens with two attached hydrogens (primary N) is 1. The number of nitrogens with one attached hydrogen (secondary N) is 2. The average Bonchev–Trinajstić information content (AvgIpc) is 3.12. The van der Waals surface area contributed by atoms with Crippen molar-refractivity contribution in [2.24, 2.45) is 5.73 Å². The zero-order valence-corrected chi connectivity index (χ0v) is 16.3. The third kappa shape index (κ3) is 4.33. The van der Waals surface area contributed by atoms with Gasteiger partial charge in [0.2, 0.25) is 0 Å². The quantitative estimate of drug-likeness (QED) is 0.579. The minimum absolute atomic E-state index is 0.0362. The lowest BCUT2D eigenvalue weighted by molar-refractivity contribution is 0.0995. The number of aromatic amines is 2. The number of hydrogen-bond donors (Lipinski definition) is 3. The van der Waals surface area contributed by atoms with E-state index in [2.05, 4.69) is 32.9 Å². The summed E-state index contributed by atoms with van der Waals surface area (Å²) in [5.41, 5.74) is 6.67. The number of hydrogen-bond acceptors (Lipinski definition) is 5. The largest absolute Gasteiger partial charge is 0.492 e. The molecule has 4 N–H and O–H groups in total. The van der Waals surface area contributed by atoms with Gasteiger partial charge in [0, 0.05) is 49.7 Å². The first-order valence-electron chi connectivity index (χ1n) is 9.61. The number of amides is 1. The number of fused-ring (bicyclic) bond motifs is 1. The Bertz CT molecular complexity index is 1080. The summed E-state index contributed by atoms with van der Waals surface area (Å²) in [7, 11) is 2.15. The van der Waals surface area contributed by atoms with Crippen LogP contribution in [0.5, 0.6) is 5.75 Å². The van der Waals surface area contributed by atoms with Crippen LogP contribution >= 0.6 is 0 Å². The predicted octanol–water partition coefficient (Wildman–Crippen LogP) is 1.05. The van der Waals surface area contributed by atoms with Crippen molar-refractivity contribution in [1.29, 1.82) is 0 Å². The molecule has 0 saturated carbocycles. The van der Waals surface area contributed by atoms with Gasteiger partial charge in [-0.15, -0.1) is 0 Å². The average molecular weight is 394 g/mol. The van der Waals surface area contributed by atoms with E-state index in [1.54, 1.807) is 0 Å². The molecule has 4 rings (SSSR count). The topological polar surface area (TPSA) is 107 Å². The van der Waals surface area contributed by atoms with E-state index >= 15 is 0 Å². The van der Waals surface area contributed by atoms with Gasteiger partial charge in [-0.2, -0.15) is 0 Å². The normalized spacial score (nSPS) is 15.6. The molecule has 0 atom stereocenters. The van der Waals surface area contributed by atoms with Gasteiger partial charge in [0.25, 0.3) is 11.5 Å². The molecule has 29 heavy (non-hydrogen) atoms. The Morgan fingerprint density at radius 2 is 2.00 bits per heavy atom. The number of ether oxygens (including phenoxy) is 1. The van der Waals surface area contributed by atoms with Gasteiger partial charge in [-0.05, 0) is 37.4 Å². The Kier molecular flexibility index (Phi) is 5.37. The van der Waals surface area contributed by atoms with Gasteiger partial charge in [0.05, 0.1) is 11.3 Å². The van der Waals surface area contributed by atoms with E-state index in [9.17, 15) is 9.59 Å². The number of likely N-dealkylation sites (N-methyl/N-ethyl adjacent to an activating group) is 1. The van der Waals surface area contributed by atoms with E-state index in [0.29, 0.717) is 17.9 Å². The fraction of sp³-hybridized carbons (Fsp3) is 0.333. The van der Waals surface area contributed by atoms with E-state index in [4.69, 9.17) is 10.5 Å². The third-order valence-electron chi connectivity index (χ3n) is 5.24. The molecule has 1 saturated heterocycles. The summed E-state index contributed by atoms with van der Waals surface area (Å²) in [6.07, 6.45) is 0. The Labute approximate surface area is 168 Å². The fourth-order valence-corrected chi connectivity index (χ4v) is 3.47. The van der Waals surface area contributed by atoms with Crippen molar-refractivity contribution in [1.82, 2.24) is 19.8 Å². The monoisotopic (exact) mass is 394 g/mol. The van der Waals surface area contributed by atoms with E-state index in [0.717, 1.165) is 49.4 Å². The molecule has 2 aromatic heterocycles. The summed E-state index contributed by atoms with van der Waals surface area (Å²) >= 11 is 0. The number of rotatable bonds is 6. The first kappa shape index (κ1) is 19.2. The van der Waals surface area contributed by atoms with Crippen LogP contribution in [0.2, 0.25) is 0 Å². The van der Waals surface area contributed by atoms with Crippen molar-refractivity contribution in [3.05, 3.63) is 52.4 Å². The van der Waals surface area contributed by atoms with E-state index in [1.165, 1.54) is 6.07 Å². The van der Waals surface area contributed by atoms with Gasteiger partial charge in [0.15, 0.2) is 0 Å². The number of piperazine rings is 1. The molecule has 0 aliphatic carbocycles. The zero-order valence-electron chi connectivity index (χ0n) is 16.3. The molecule has 0 spiro atoms. The Morgan fingerprint density at radius 3 is 2.72 bits per heavy atom. The van der Waals surface area contributed by atoms with E-state index < -0.39 is 11.5 Å². The minimum atomic E-state index is -0.719. The smallest absolute Gasteiger partial charge is 0.265 e. The molecule has 0 bridgehead atoms. The van der Waals surface area contributed by atoms with Crippen LogP contribution in [-0.2, 0) is 0 Å². The summed E-state index contributed by atoms with van der Waals surface area (Å²) < 4.78 is 5.93. The molecule has 3 heterocycles. The highest BCUT2D eigenvalue weighted by Crippen LogP contribution is 2.25. The lowest BCUT2D eigenvalue weighted by atomic mass is 10.1. The Balaban J connectivity index is 1.45. The van der Waals surface area contributed by atoms with Crippen molar-refractivity contribution in [2.45, 2.75) is 0 Å². The van der Waals surface area contributed by atoms with Crippen LogP contribution in [0.1, 0.15) is 10.5 Å². The number of nitrogens with zero attached hydrogens (tertiary/aromatic N) is 2. The first-order chi connectivity index (χ1) is 14.0. The number of H-pyrrole nitrogens is 2. The Hall–Kier alpha value is -3.10. The predicted molar refractivity (Wildman–Crippen MR) is 111 cm³/mol. The molecular formula is C21H24N5O3. The molecule has 1 aliphatic rings. The molecule has 3 aromatic rings. The summed E-state index contributed by atoms with van der Waals surface area (Å²) in [5.74, 6) is 0.0744. The third-order valence-corrected chi connectivity index (χ3v) is 5.24. The molecule has 8 nitrogen and oxygen atoms in total.